The van der Waals surface area contributed by atoms with E-state index in [1.807, 2.05) is 36.4 Å². The van der Waals surface area contributed by atoms with Crippen LogP contribution in [0.2, 0.25) is 0 Å². The number of rotatable bonds is 1. The maximum Gasteiger partial charge on any atom is 2.00 e. The largest absolute Gasteiger partial charge is 2.00 e. The van der Waals surface area contributed by atoms with Crippen molar-refractivity contribution in [3.63, 3.8) is 0 Å². The van der Waals surface area contributed by atoms with Crippen molar-refractivity contribution in [2.24, 2.45) is 0 Å². The van der Waals surface area contributed by atoms with Crippen LogP contribution in [0.3, 0.4) is 0 Å². The van der Waals surface area contributed by atoms with E-state index >= 15 is 0 Å². The third-order valence-electron chi connectivity index (χ3n) is 1.91. The van der Waals surface area contributed by atoms with Gasteiger partial charge in [0, 0.05) is 0 Å². The van der Waals surface area contributed by atoms with Gasteiger partial charge >= 0.3 is 50.1 Å². The van der Waals surface area contributed by atoms with Crippen LogP contribution in [0.1, 0.15) is 19.4 Å². The molecule has 0 aliphatic heterocycles. The summed E-state index contributed by atoms with van der Waals surface area (Å²) in [5.41, 5.74) is 1.33. The van der Waals surface area contributed by atoms with Crippen molar-refractivity contribution in [1.82, 2.24) is 0 Å². The van der Waals surface area contributed by atoms with E-state index < -0.39 is 7.81 Å². The van der Waals surface area contributed by atoms with Crippen molar-refractivity contribution in [3.8, 4) is 0 Å². The minimum absolute atomic E-state index is 0. The van der Waals surface area contributed by atoms with Crippen LogP contribution in [0.15, 0.2) is 60.7 Å². The summed E-state index contributed by atoms with van der Waals surface area (Å²) >= 11 is 0. The first-order valence-electron chi connectivity index (χ1n) is 5.84. The van der Waals surface area contributed by atoms with E-state index in [-0.39, 0.29) is 17.1 Å². The Balaban J connectivity index is 0. The van der Waals surface area contributed by atoms with E-state index in [1.54, 1.807) is 0 Å². The normalized spacial score (nSPS) is 12.9. The summed E-state index contributed by atoms with van der Waals surface area (Å²) in [6.45, 7) is 4.24. The quantitative estimate of drug-likeness (QED) is 0.207. The first-order valence-corrected chi connectivity index (χ1v) is 7.87. The van der Waals surface area contributed by atoms with Gasteiger partial charge in [-0.1, -0.05) is 19.9 Å². The van der Waals surface area contributed by atoms with E-state index in [2.05, 4.69) is 38.1 Å². The number of hydrogen-bond acceptors (Lipinski definition) is 0. The molecule has 0 saturated heterocycles. The van der Waals surface area contributed by atoms with Crippen molar-refractivity contribution >= 4 is 7.81 Å². The van der Waals surface area contributed by atoms with Crippen molar-refractivity contribution in [3.05, 3.63) is 72.1 Å². The monoisotopic (exact) mass is 385 g/mol. The SMILES string of the molecule is C[C-](C)c1ccccc1.F[P-](F)(F)(F)(F)F.[Fe+2].c1cc[cH-]c1. The Morgan fingerprint density at radius 1 is 0.773 bits per heavy atom. The summed E-state index contributed by atoms with van der Waals surface area (Å²) in [5.74, 6) is 1.37. The first kappa shape index (κ1) is 23.2. The fourth-order valence-corrected chi connectivity index (χ4v) is 1.09. The zero-order chi connectivity index (χ0) is 16.6. The van der Waals surface area contributed by atoms with Gasteiger partial charge in [0.2, 0.25) is 0 Å². The Bertz CT molecular complexity index is 462. The zero-order valence-corrected chi connectivity index (χ0v) is 13.8. The van der Waals surface area contributed by atoms with Crippen molar-refractivity contribution in [1.29, 1.82) is 0 Å². The third kappa shape index (κ3) is 24.0. The molecule has 128 valence electrons. The number of hydrogen-bond donors (Lipinski definition) is 0. The Kier molecular flexibility index (Phi) is 8.45. The summed E-state index contributed by atoms with van der Waals surface area (Å²) in [6, 6.07) is 20.4. The van der Waals surface area contributed by atoms with Gasteiger partial charge in [0.05, 0.1) is 0 Å². The molecule has 0 nitrogen and oxygen atoms in total. The molecule has 0 amide bonds. The molecule has 0 saturated carbocycles. The molecule has 0 spiro atoms. The van der Waals surface area contributed by atoms with E-state index in [4.69, 9.17) is 0 Å². The van der Waals surface area contributed by atoms with Gasteiger partial charge in [0.1, 0.15) is 0 Å². The van der Waals surface area contributed by atoms with E-state index in [0.29, 0.717) is 0 Å². The van der Waals surface area contributed by atoms with Crippen LogP contribution in [0.5, 0.6) is 0 Å². The average molecular weight is 385 g/mol. The minimum atomic E-state index is -10.7. The van der Waals surface area contributed by atoms with Gasteiger partial charge in [-0.25, -0.2) is 12.1 Å². The molecule has 2 aromatic rings. The van der Waals surface area contributed by atoms with Crippen LogP contribution in [-0.4, -0.2) is 0 Å². The van der Waals surface area contributed by atoms with Gasteiger partial charge in [-0.2, -0.15) is 41.8 Å². The van der Waals surface area contributed by atoms with Crippen LogP contribution in [-0.2, 0) is 17.1 Å². The molecule has 0 aromatic heterocycles. The maximum atomic E-state index is 9.87. The zero-order valence-electron chi connectivity index (χ0n) is 11.8. The van der Waals surface area contributed by atoms with Gasteiger partial charge in [0.25, 0.3) is 0 Å². The predicted octanol–water partition coefficient (Wildman–Crippen LogP) is 7.43. The summed E-state index contributed by atoms with van der Waals surface area (Å²) in [7, 11) is -10.7. The molecule has 0 fully saturated rings. The van der Waals surface area contributed by atoms with Gasteiger partial charge in [-0.3, -0.25) is 0 Å². The molecule has 0 bridgehead atoms. The predicted molar refractivity (Wildman–Crippen MR) is 75.7 cm³/mol. The molecule has 8 heteroatoms. The summed E-state index contributed by atoms with van der Waals surface area (Å²) in [6.07, 6.45) is 0. The van der Waals surface area contributed by atoms with Crippen LogP contribution in [0, 0.1) is 5.92 Å². The Morgan fingerprint density at radius 3 is 1.32 bits per heavy atom. The Hall–Kier alpha value is -1.03. The second-order valence-electron chi connectivity index (χ2n) is 4.29. The maximum absolute atomic E-state index is 10.7. The molecule has 0 atom stereocenters. The molecule has 0 aliphatic carbocycles. The molecule has 0 aliphatic rings. The Morgan fingerprint density at radius 2 is 1.14 bits per heavy atom. The van der Waals surface area contributed by atoms with E-state index in [1.165, 1.54) is 11.5 Å². The van der Waals surface area contributed by atoms with Crippen molar-refractivity contribution < 1.29 is 42.3 Å². The molecule has 2 aromatic carbocycles. The molecule has 22 heavy (non-hydrogen) atoms. The third-order valence-corrected chi connectivity index (χ3v) is 1.91. The smallest absolute Gasteiger partial charge is 0.214 e. The molecule has 0 N–H and O–H groups in total. The van der Waals surface area contributed by atoms with E-state index in [9.17, 15) is 25.2 Å². The standard InChI is InChI=1S/C9H11.C5H5.F6P.Fe/c1-8(2)9-6-4-3-5-7-9;1-2-4-5-3-1;1-7(2,3,4,5)6;/h3-7H,1-2H3;1-5H;;/q3*-1;+2. The van der Waals surface area contributed by atoms with Crippen LogP contribution < -0.4 is 0 Å². The number of benzene rings is 1. The fraction of sp³-hybridized carbons (Fsp3) is 0.143. The van der Waals surface area contributed by atoms with E-state index in [0.717, 1.165) is 0 Å². The van der Waals surface area contributed by atoms with Crippen molar-refractivity contribution in [2.45, 2.75) is 13.8 Å². The van der Waals surface area contributed by atoms with Gasteiger partial charge in [-0.15, -0.1) is 12.1 Å². The Labute approximate surface area is 136 Å². The minimum Gasteiger partial charge on any atom is -0.214 e. The molecule has 2 rings (SSSR count). The molecule has 0 unspecified atom stereocenters. The van der Waals surface area contributed by atoms with Gasteiger partial charge < -0.3 is 0 Å². The van der Waals surface area contributed by atoms with Crippen LogP contribution in [0.4, 0.5) is 25.2 Å². The number of halogens is 6. The van der Waals surface area contributed by atoms with Crippen LogP contribution in [0.25, 0.3) is 0 Å². The molecule has 0 heterocycles. The summed E-state index contributed by atoms with van der Waals surface area (Å²) in [4.78, 5) is 0. The molecular formula is C14H16F6FeP-. The molecule has 0 radical (unpaired) electrons. The second-order valence-corrected chi connectivity index (χ2v) is 6.20. The molecular weight excluding hydrogens is 369 g/mol. The average Bonchev–Trinajstić information content (AvgIpc) is 2.84. The van der Waals surface area contributed by atoms with Crippen molar-refractivity contribution in [2.75, 3.05) is 0 Å². The van der Waals surface area contributed by atoms with Crippen LogP contribution >= 0.6 is 7.81 Å². The fourth-order valence-electron chi connectivity index (χ4n) is 1.09. The van der Waals surface area contributed by atoms with Gasteiger partial charge in [-0.05, 0) is 0 Å². The first-order chi connectivity index (χ1) is 9.25. The topological polar surface area (TPSA) is 0 Å². The van der Waals surface area contributed by atoms with Gasteiger partial charge in [0.15, 0.2) is 0 Å². The summed E-state index contributed by atoms with van der Waals surface area (Å²) < 4.78 is 59.2. The second kappa shape index (κ2) is 8.00. The summed E-state index contributed by atoms with van der Waals surface area (Å²) in [5, 5.41) is 0.